The number of allylic oxidation sites excluding steroid dienone is 2. The summed E-state index contributed by atoms with van der Waals surface area (Å²) in [6.45, 7) is 0.0179. The first-order valence-electron chi connectivity index (χ1n) is 8.33. The molecule has 2 aromatic rings. The fraction of sp³-hybridized carbons (Fsp3) is 0.190. The predicted molar refractivity (Wildman–Crippen MR) is 96.4 cm³/mol. The van der Waals surface area contributed by atoms with Gasteiger partial charge in [0, 0.05) is 23.9 Å². The number of alkyl halides is 3. The van der Waals surface area contributed by atoms with Crippen LogP contribution in [0.1, 0.15) is 15.9 Å². The molecule has 0 fully saturated rings. The monoisotopic (exact) mass is 373 g/mol. The molecule has 0 aromatic heterocycles. The second kappa shape index (κ2) is 7.70. The van der Waals surface area contributed by atoms with Crippen molar-refractivity contribution in [3.8, 4) is 5.75 Å². The maximum Gasteiger partial charge on any atom is 0.412 e. The predicted octanol–water partition coefficient (Wildman–Crippen LogP) is 4.76. The third-order valence-electron chi connectivity index (χ3n) is 4.28. The molecule has 3 rings (SSSR count). The third kappa shape index (κ3) is 4.39. The topological polar surface area (TPSA) is 29.5 Å². The van der Waals surface area contributed by atoms with Crippen LogP contribution >= 0.6 is 0 Å². The summed E-state index contributed by atoms with van der Waals surface area (Å²) in [6.07, 6.45) is -0.879. The lowest BCUT2D eigenvalue weighted by atomic mass is 9.99. The highest BCUT2D eigenvalue weighted by atomic mass is 19.4. The summed E-state index contributed by atoms with van der Waals surface area (Å²) in [5.74, 6) is 0.312. The maximum atomic E-state index is 13.4. The molecule has 6 heteroatoms. The minimum absolute atomic E-state index is 0.0179. The van der Waals surface area contributed by atoms with Crippen molar-refractivity contribution in [2.45, 2.75) is 18.8 Å². The molecule has 1 aliphatic heterocycles. The molecule has 140 valence electrons. The van der Waals surface area contributed by atoms with E-state index in [-0.39, 0.29) is 17.9 Å². The number of hydrogen-bond donors (Lipinski definition) is 0. The number of benzene rings is 2. The van der Waals surface area contributed by atoms with E-state index in [4.69, 9.17) is 4.74 Å². The van der Waals surface area contributed by atoms with E-state index in [2.05, 4.69) is 0 Å². The second-order valence-electron chi connectivity index (χ2n) is 6.15. The highest BCUT2D eigenvalue weighted by Gasteiger charge is 2.42. The summed E-state index contributed by atoms with van der Waals surface area (Å²) < 4.78 is 45.4. The van der Waals surface area contributed by atoms with Gasteiger partial charge < -0.3 is 9.64 Å². The average Bonchev–Trinajstić information content (AvgIpc) is 2.68. The third-order valence-corrected chi connectivity index (χ3v) is 4.28. The van der Waals surface area contributed by atoms with Gasteiger partial charge in [0.05, 0.1) is 7.11 Å². The fourth-order valence-electron chi connectivity index (χ4n) is 2.88. The summed E-state index contributed by atoms with van der Waals surface area (Å²) in [5.41, 5.74) is 1.33. The van der Waals surface area contributed by atoms with E-state index in [1.807, 2.05) is 0 Å². The van der Waals surface area contributed by atoms with Gasteiger partial charge in [-0.25, -0.2) is 0 Å². The molecule has 0 spiro atoms. The van der Waals surface area contributed by atoms with Crippen LogP contribution in [0.4, 0.5) is 13.2 Å². The van der Waals surface area contributed by atoms with Crippen LogP contribution in [0.2, 0.25) is 0 Å². The molecule has 0 bridgehead atoms. The first-order valence-corrected chi connectivity index (χ1v) is 8.33. The van der Waals surface area contributed by atoms with Crippen molar-refractivity contribution in [1.82, 2.24) is 4.90 Å². The van der Waals surface area contributed by atoms with Gasteiger partial charge >= 0.3 is 6.18 Å². The van der Waals surface area contributed by atoms with Crippen molar-refractivity contribution >= 4 is 5.78 Å². The van der Waals surface area contributed by atoms with Gasteiger partial charge in [-0.2, -0.15) is 13.2 Å². The molecule has 1 atom stereocenters. The molecule has 0 amide bonds. The average molecular weight is 373 g/mol. The summed E-state index contributed by atoms with van der Waals surface area (Å²) in [5, 5.41) is 0. The van der Waals surface area contributed by atoms with Crippen molar-refractivity contribution in [2.75, 3.05) is 7.11 Å². The maximum absolute atomic E-state index is 13.4. The molecule has 0 aliphatic carbocycles. The first-order chi connectivity index (χ1) is 12.9. The molecule has 2 aromatic carbocycles. The van der Waals surface area contributed by atoms with Gasteiger partial charge in [-0.15, -0.1) is 0 Å². The van der Waals surface area contributed by atoms with Crippen LogP contribution in [-0.2, 0) is 6.54 Å². The molecule has 1 heterocycles. The van der Waals surface area contributed by atoms with Crippen molar-refractivity contribution < 1.29 is 22.7 Å². The van der Waals surface area contributed by atoms with Crippen molar-refractivity contribution in [1.29, 1.82) is 0 Å². The summed E-state index contributed by atoms with van der Waals surface area (Å²) in [7, 11) is 1.52. The lowest BCUT2D eigenvalue weighted by Crippen LogP contribution is -2.42. The van der Waals surface area contributed by atoms with Gasteiger partial charge in [-0.1, -0.05) is 54.6 Å². The van der Waals surface area contributed by atoms with Crippen LogP contribution in [0.3, 0.4) is 0 Å². The second-order valence-corrected chi connectivity index (χ2v) is 6.15. The molecule has 0 N–H and O–H groups in total. The Morgan fingerprint density at radius 3 is 2.33 bits per heavy atom. The molecule has 1 aliphatic rings. The Bertz CT molecular complexity index is 855. The summed E-state index contributed by atoms with van der Waals surface area (Å²) in [6, 6.07) is 13.5. The first kappa shape index (κ1) is 18.8. The largest absolute Gasteiger partial charge is 0.497 e. The number of nitrogens with zero attached hydrogens (tertiary/aromatic N) is 1. The molecular formula is C21H18F3NO2. The minimum atomic E-state index is -4.44. The Morgan fingerprint density at radius 2 is 1.74 bits per heavy atom. The van der Waals surface area contributed by atoms with E-state index in [1.54, 1.807) is 54.6 Å². The van der Waals surface area contributed by atoms with Crippen LogP contribution in [0.25, 0.3) is 0 Å². The SMILES string of the molecule is COc1ccc(CN2C=C(C(=O)c3ccccc3)C=CC2C(F)(F)F)cc1. The molecule has 1 unspecified atom stereocenters. The zero-order valence-electron chi connectivity index (χ0n) is 14.6. The number of methoxy groups -OCH3 is 1. The highest BCUT2D eigenvalue weighted by Crippen LogP contribution is 2.31. The Hall–Kier alpha value is -3.02. The lowest BCUT2D eigenvalue weighted by molar-refractivity contribution is -0.165. The molecule has 0 saturated heterocycles. The molecule has 27 heavy (non-hydrogen) atoms. The standard InChI is InChI=1S/C21H18F3NO2/c1-27-18-10-7-15(8-11-18)13-25-14-17(9-12-19(25)21(22,23)24)20(26)16-5-3-2-4-6-16/h2-12,14,19H,13H2,1H3. The number of Topliss-reactive ketones (excluding diaryl/α,β-unsaturated/α-hetero) is 1. The van der Waals surface area contributed by atoms with E-state index in [9.17, 15) is 18.0 Å². The molecule has 3 nitrogen and oxygen atoms in total. The Kier molecular flexibility index (Phi) is 5.35. The number of halogens is 3. The zero-order chi connectivity index (χ0) is 19.4. The number of carbonyl (C=O) groups excluding carboxylic acids is 1. The van der Waals surface area contributed by atoms with E-state index in [0.29, 0.717) is 16.9 Å². The Labute approximate surface area is 155 Å². The number of ether oxygens (including phenoxy) is 1. The lowest BCUT2D eigenvalue weighted by Gasteiger charge is -2.33. The minimum Gasteiger partial charge on any atom is -0.497 e. The summed E-state index contributed by atoms with van der Waals surface area (Å²) in [4.78, 5) is 13.7. The van der Waals surface area contributed by atoms with Crippen LogP contribution in [-0.4, -0.2) is 30.0 Å². The highest BCUT2D eigenvalue weighted by molar-refractivity contribution is 6.10. The van der Waals surface area contributed by atoms with E-state index >= 15 is 0 Å². The van der Waals surface area contributed by atoms with E-state index in [1.165, 1.54) is 19.4 Å². The van der Waals surface area contributed by atoms with Gasteiger partial charge in [0.1, 0.15) is 11.8 Å². The van der Waals surface area contributed by atoms with Crippen LogP contribution in [0, 0.1) is 0 Å². The van der Waals surface area contributed by atoms with Gasteiger partial charge in [0.15, 0.2) is 5.78 Å². The van der Waals surface area contributed by atoms with E-state index < -0.39 is 12.2 Å². The molecule has 0 radical (unpaired) electrons. The molecule has 0 saturated carbocycles. The number of rotatable bonds is 5. The van der Waals surface area contributed by atoms with Gasteiger partial charge in [-0.3, -0.25) is 4.79 Å². The Morgan fingerprint density at radius 1 is 1.07 bits per heavy atom. The fourth-order valence-corrected chi connectivity index (χ4v) is 2.88. The Balaban J connectivity index is 1.88. The van der Waals surface area contributed by atoms with E-state index in [0.717, 1.165) is 11.0 Å². The quantitative estimate of drug-likeness (QED) is 0.708. The van der Waals surface area contributed by atoms with Crippen LogP contribution < -0.4 is 4.74 Å². The van der Waals surface area contributed by atoms with Crippen molar-refractivity contribution in [3.63, 3.8) is 0 Å². The number of hydrogen-bond acceptors (Lipinski definition) is 3. The van der Waals surface area contributed by atoms with Crippen LogP contribution in [0.5, 0.6) is 5.75 Å². The normalized spacial score (nSPS) is 16.8. The van der Waals surface area contributed by atoms with Gasteiger partial charge in [0.2, 0.25) is 0 Å². The smallest absolute Gasteiger partial charge is 0.412 e. The van der Waals surface area contributed by atoms with Gasteiger partial charge in [-0.05, 0) is 17.7 Å². The molecular weight excluding hydrogens is 355 g/mol. The van der Waals surface area contributed by atoms with Crippen molar-refractivity contribution in [2.24, 2.45) is 0 Å². The van der Waals surface area contributed by atoms with Crippen molar-refractivity contribution in [3.05, 3.63) is 89.6 Å². The van der Waals surface area contributed by atoms with Gasteiger partial charge in [0.25, 0.3) is 0 Å². The summed E-state index contributed by atoms with van der Waals surface area (Å²) >= 11 is 0. The number of ketones is 1. The number of carbonyl (C=O) groups is 1. The van der Waals surface area contributed by atoms with Crippen LogP contribution in [0.15, 0.2) is 78.5 Å². The zero-order valence-corrected chi connectivity index (χ0v) is 14.6.